The molecule has 1 aliphatic carbocycles. The maximum atomic E-state index is 11.5. The maximum absolute atomic E-state index is 11.5. The van der Waals surface area contributed by atoms with Crippen LogP contribution >= 0.6 is 0 Å². The van der Waals surface area contributed by atoms with Crippen LogP contribution in [0.3, 0.4) is 0 Å². The van der Waals surface area contributed by atoms with E-state index in [1.54, 1.807) is 0 Å². The Morgan fingerprint density at radius 1 is 1.37 bits per heavy atom. The van der Waals surface area contributed by atoms with Gasteiger partial charge in [-0.25, -0.2) is 0 Å². The van der Waals surface area contributed by atoms with Gasteiger partial charge in [-0.2, -0.15) is 0 Å². The summed E-state index contributed by atoms with van der Waals surface area (Å²) in [4.78, 5) is 13.8. The predicted octanol–water partition coefficient (Wildman–Crippen LogP) is 0.483. The second-order valence-electron chi connectivity index (χ2n) is 5.69. The number of amides is 1. The van der Waals surface area contributed by atoms with Crippen LogP contribution in [-0.2, 0) is 9.53 Å². The second kappa shape index (κ2) is 7.22. The summed E-state index contributed by atoms with van der Waals surface area (Å²) >= 11 is 0. The van der Waals surface area contributed by atoms with Crippen molar-refractivity contribution in [2.45, 2.75) is 57.2 Å². The van der Waals surface area contributed by atoms with E-state index in [0.717, 1.165) is 32.5 Å². The number of carbonyl (C=O) groups excluding carboxylic acids is 1. The Balaban J connectivity index is 1.83. The van der Waals surface area contributed by atoms with Crippen molar-refractivity contribution in [3.05, 3.63) is 0 Å². The van der Waals surface area contributed by atoms with Crippen molar-refractivity contribution in [3.8, 4) is 0 Å². The molecule has 1 saturated heterocycles. The molecule has 3 N–H and O–H groups in total. The summed E-state index contributed by atoms with van der Waals surface area (Å²) in [7, 11) is 0. The van der Waals surface area contributed by atoms with Crippen LogP contribution in [0.15, 0.2) is 0 Å². The van der Waals surface area contributed by atoms with Crippen LogP contribution in [0.2, 0.25) is 0 Å². The highest BCUT2D eigenvalue weighted by Gasteiger charge is 2.34. The molecule has 0 aromatic heterocycles. The number of nitrogens with one attached hydrogen (secondary N) is 1. The number of nitrogens with zero attached hydrogens (tertiary/aromatic N) is 1. The molecule has 0 bridgehead atoms. The largest absolute Gasteiger partial charge is 0.378 e. The zero-order chi connectivity index (χ0) is 13.7. The molecular weight excluding hydrogens is 242 g/mol. The average molecular weight is 269 g/mol. The van der Waals surface area contributed by atoms with E-state index in [1.165, 1.54) is 19.3 Å². The smallest absolute Gasteiger partial charge is 0.237 e. The summed E-state index contributed by atoms with van der Waals surface area (Å²) in [5.41, 5.74) is 5.48. The van der Waals surface area contributed by atoms with E-state index in [9.17, 15) is 4.79 Å². The van der Waals surface area contributed by atoms with Gasteiger partial charge in [0.05, 0.1) is 13.2 Å². The number of nitrogens with two attached hydrogens (primary N) is 1. The van der Waals surface area contributed by atoms with Gasteiger partial charge in [0.25, 0.3) is 0 Å². The molecule has 1 heterocycles. The van der Waals surface area contributed by atoms with Crippen LogP contribution < -0.4 is 11.1 Å². The summed E-state index contributed by atoms with van der Waals surface area (Å²) in [6.45, 7) is 5.33. The molecule has 1 atom stereocenters. The molecule has 1 saturated carbocycles. The minimum atomic E-state index is -0.245. The lowest BCUT2D eigenvalue weighted by Gasteiger charge is -2.42. The summed E-state index contributed by atoms with van der Waals surface area (Å²) < 4.78 is 5.38. The normalized spacial score (nSPS) is 33.2. The first kappa shape index (κ1) is 14.8. The number of hydrogen-bond acceptors (Lipinski definition) is 4. The first-order valence-electron chi connectivity index (χ1n) is 7.58. The number of primary amides is 1. The molecule has 5 nitrogen and oxygen atoms in total. The van der Waals surface area contributed by atoms with E-state index in [-0.39, 0.29) is 11.9 Å². The quantitative estimate of drug-likeness (QED) is 0.762. The van der Waals surface area contributed by atoms with Crippen LogP contribution in [-0.4, -0.2) is 55.2 Å². The molecule has 2 rings (SSSR count). The van der Waals surface area contributed by atoms with Crippen LogP contribution in [0.4, 0.5) is 0 Å². The molecule has 19 heavy (non-hydrogen) atoms. The minimum absolute atomic E-state index is 0.223. The fourth-order valence-electron chi connectivity index (χ4n) is 3.26. The highest BCUT2D eigenvalue weighted by molar-refractivity contribution is 5.80. The maximum Gasteiger partial charge on any atom is 0.237 e. The number of hydrogen-bond donors (Lipinski definition) is 2. The fraction of sp³-hybridized carbons (Fsp3) is 0.929. The minimum Gasteiger partial charge on any atom is -0.378 e. The topological polar surface area (TPSA) is 67.6 Å². The number of ether oxygens (including phenoxy) is 1. The van der Waals surface area contributed by atoms with Gasteiger partial charge in [-0.15, -0.1) is 0 Å². The van der Waals surface area contributed by atoms with Gasteiger partial charge < -0.3 is 15.8 Å². The molecule has 0 aromatic rings. The van der Waals surface area contributed by atoms with E-state index >= 15 is 0 Å². The average Bonchev–Trinajstić information content (AvgIpc) is 2.45. The lowest BCUT2D eigenvalue weighted by Crippen LogP contribution is -2.57. The summed E-state index contributed by atoms with van der Waals surface area (Å²) in [6.07, 6.45) is 5.91. The Morgan fingerprint density at radius 2 is 2.11 bits per heavy atom. The predicted molar refractivity (Wildman–Crippen MR) is 74.8 cm³/mol. The molecule has 110 valence electrons. The first-order chi connectivity index (χ1) is 9.22. The first-order valence-corrected chi connectivity index (χ1v) is 7.58. The number of carbonyl (C=O) groups is 1. The molecule has 1 aliphatic heterocycles. The second-order valence-corrected chi connectivity index (χ2v) is 5.69. The highest BCUT2D eigenvalue weighted by Crippen LogP contribution is 2.26. The third-order valence-electron chi connectivity index (χ3n) is 4.35. The van der Waals surface area contributed by atoms with E-state index in [2.05, 4.69) is 17.1 Å². The van der Waals surface area contributed by atoms with E-state index in [4.69, 9.17) is 10.5 Å². The SMILES string of the molecule is CCCNC1CCC(N2CCOCC2C(N)=O)CC1. The molecule has 0 spiro atoms. The Hall–Kier alpha value is -0.650. The van der Waals surface area contributed by atoms with Gasteiger partial charge in [-0.3, -0.25) is 9.69 Å². The van der Waals surface area contributed by atoms with Crippen molar-refractivity contribution in [2.75, 3.05) is 26.3 Å². The zero-order valence-electron chi connectivity index (χ0n) is 11.9. The zero-order valence-corrected chi connectivity index (χ0v) is 11.9. The van der Waals surface area contributed by atoms with Crippen LogP contribution in [0.25, 0.3) is 0 Å². The van der Waals surface area contributed by atoms with Crippen molar-refractivity contribution in [1.82, 2.24) is 10.2 Å². The van der Waals surface area contributed by atoms with Crippen molar-refractivity contribution >= 4 is 5.91 Å². The lowest BCUT2D eigenvalue weighted by molar-refractivity contribution is -0.132. The standard InChI is InChI=1S/C14H27N3O2/c1-2-7-16-11-3-5-12(6-4-11)17-8-9-19-10-13(17)14(15)18/h11-13,16H,2-10H2,1H3,(H2,15,18). The molecule has 5 heteroatoms. The van der Waals surface area contributed by atoms with Crippen LogP contribution in [0, 0.1) is 0 Å². The lowest BCUT2D eigenvalue weighted by atomic mass is 9.89. The monoisotopic (exact) mass is 269 g/mol. The molecule has 1 amide bonds. The molecule has 0 radical (unpaired) electrons. The molecule has 0 aromatic carbocycles. The Morgan fingerprint density at radius 3 is 2.74 bits per heavy atom. The molecule has 1 unspecified atom stereocenters. The van der Waals surface area contributed by atoms with Crippen molar-refractivity contribution < 1.29 is 9.53 Å². The Bertz CT molecular complexity index is 290. The van der Waals surface area contributed by atoms with Gasteiger partial charge >= 0.3 is 0 Å². The van der Waals surface area contributed by atoms with Crippen LogP contribution in [0.1, 0.15) is 39.0 Å². The third-order valence-corrected chi connectivity index (χ3v) is 4.35. The van der Waals surface area contributed by atoms with Crippen molar-refractivity contribution in [1.29, 1.82) is 0 Å². The van der Waals surface area contributed by atoms with Crippen molar-refractivity contribution in [3.63, 3.8) is 0 Å². The Labute approximate surface area is 115 Å². The summed E-state index contributed by atoms with van der Waals surface area (Å²) in [5.74, 6) is -0.245. The highest BCUT2D eigenvalue weighted by atomic mass is 16.5. The molecule has 2 fully saturated rings. The van der Waals surface area contributed by atoms with E-state index in [1.807, 2.05) is 0 Å². The van der Waals surface area contributed by atoms with E-state index < -0.39 is 0 Å². The summed E-state index contributed by atoms with van der Waals surface area (Å²) in [6, 6.07) is 0.934. The number of morpholine rings is 1. The third kappa shape index (κ3) is 3.91. The molecular formula is C14H27N3O2. The van der Waals surface area contributed by atoms with Gasteiger partial charge in [0.15, 0.2) is 0 Å². The van der Waals surface area contributed by atoms with Gasteiger partial charge in [0, 0.05) is 18.6 Å². The van der Waals surface area contributed by atoms with Gasteiger partial charge in [-0.05, 0) is 38.6 Å². The molecule has 2 aliphatic rings. The van der Waals surface area contributed by atoms with Gasteiger partial charge in [0.2, 0.25) is 5.91 Å². The van der Waals surface area contributed by atoms with Gasteiger partial charge in [0.1, 0.15) is 6.04 Å². The van der Waals surface area contributed by atoms with Crippen LogP contribution in [0.5, 0.6) is 0 Å². The fourth-order valence-corrected chi connectivity index (χ4v) is 3.26. The number of rotatable bonds is 5. The van der Waals surface area contributed by atoms with Gasteiger partial charge in [-0.1, -0.05) is 6.92 Å². The van der Waals surface area contributed by atoms with Crippen molar-refractivity contribution in [2.24, 2.45) is 5.73 Å². The summed E-state index contributed by atoms with van der Waals surface area (Å²) in [5, 5.41) is 3.59. The Kier molecular flexibility index (Phi) is 5.60. The van der Waals surface area contributed by atoms with E-state index in [0.29, 0.717) is 18.7 Å².